The van der Waals surface area contributed by atoms with E-state index in [2.05, 4.69) is 30.7 Å². The van der Waals surface area contributed by atoms with Gasteiger partial charge in [0.15, 0.2) is 0 Å². The van der Waals surface area contributed by atoms with E-state index in [0.717, 1.165) is 6.42 Å². The summed E-state index contributed by atoms with van der Waals surface area (Å²) in [6.07, 6.45) is 10.5. The first-order chi connectivity index (χ1) is 5.91. The maximum Gasteiger partial charge on any atom is 0.0101 e. The fourth-order valence-electron chi connectivity index (χ4n) is 1.22. The Morgan fingerprint density at radius 3 is 2.08 bits per heavy atom. The summed E-state index contributed by atoms with van der Waals surface area (Å²) >= 11 is 4.53. The summed E-state index contributed by atoms with van der Waals surface area (Å²) in [5, 5.41) is 2.51. The number of unbranched alkanes of at least 4 members (excludes halogenated alkanes) is 7. The molecule has 0 rings (SSSR count). The van der Waals surface area contributed by atoms with Gasteiger partial charge in [-0.2, -0.15) is 0 Å². The average Bonchev–Trinajstić information content (AvgIpc) is 2.10. The standard InChI is InChI=1S/C11H19S/c1-2-3-4-5-6-7-8-9-10-11-12/h2-9H2,1H3. The van der Waals surface area contributed by atoms with Gasteiger partial charge in [-0.15, -0.1) is 0 Å². The SMILES string of the molecule is CCCCCCCCCC#C[S]. The van der Waals surface area contributed by atoms with Crippen LogP contribution in [0.3, 0.4) is 0 Å². The van der Waals surface area contributed by atoms with Gasteiger partial charge >= 0.3 is 0 Å². The highest BCUT2D eigenvalue weighted by atomic mass is 32.1. The van der Waals surface area contributed by atoms with E-state index in [0.29, 0.717) is 0 Å². The minimum atomic E-state index is 0.997. The van der Waals surface area contributed by atoms with Crippen molar-refractivity contribution in [3.05, 3.63) is 0 Å². The Labute approximate surface area is 82.5 Å². The van der Waals surface area contributed by atoms with E-state index in [1.807, 2.05) is 0 Å². The Bertz CT molecular complexity index is 130. The molecule has 1 radical (unpaired) electrons. The van der Waals surface area contributed by atoms with Crippen LogP contribution in [0.25, 0.3) is 0 Å². The first-order valence-electron chi connectivity index (χ1n) is 5.01. The van der Waals surface area contributed by atoms with Crippen LogP contribution in [0.4, 0.5) is 0 Å². The molecule has 0 atom stereocenters. The van der Waals surface area contributed by atoms with Gasteiger partial charge in [-0.3, -0.25) is 0 Å². The lowest BCUT2D eigenvalue weighted by molar-refractivity contribution is 0.594. The lowest BCUT2D eigenvalue weighted by Gasteiger charge is -1.97. The minimum absolute atomic E-state index is 0.997. The van der Waals surface area contributed by atoms with Crippen LogP contribution in [0.5, 0.6) is 0 Å². The molecule has 0 aromatic carbocycles. The molecule has 0 spiro atoms. The van der Waals surface area contributed by atoms with E-state index in [1.54, 1.807) is 0 Å². The summed E-state index contributed by atoms with van der Waals surface area (Å²) in [7, 11) is 0. The summed E-state index contributed by atoms with van der Waals surface area (Å²) in [6, 6.07) is 0. The summed E-state index contributed by atoms with van der Waals surface area (Å²) in [5.74, 6) is 2.92. The van der Waals surface area contributed by atoms with E-state index < -0.39 is 0 Å². The van der Waals surface area contributed by atoms with E-state index >= 15 is 0 Å². The van der Waals surface area contributed by atoms with Crippen molar-refractivity contribution in [3.63, 3.8) is 0 Å². The molecule has 0 aliphatic carbocycles. The fourth-order valence-corrected chi connectivity index (χ4v) is 1.32. The molecule has 0 amide bonds. The van der Waals surface area contributed by atoms with Crippen LogP contribution in [0, 0.1) is 11.2 Å². The molecule has 0 fully saturated rings. The molecule has 0 unspecified atom stereocenters. The quantitative estimate of drug-likeness (QED) is 0.408. The molecule has 0 aliphatic heterocycles. The molecule has 0 bridgehead atoms. The Hall–Kier alpha value is -0.220. The highest BCUT2D eigenvalue weighted by Crippen LogP contribution is 2.07. The minimum Gasteiger partial charge on any atom is -0.0865 e. The van der Waals surface area contributed by atoms with Gasteiger partial charge in [0.05, 0.1) is 0 Å². The van der Waals surface area contributed by atoms with Gasteiger partial charge in [0.25, 0.3) is 0 Å². The smallest absolute Gasteiger partial charge is 0.0101 e. The Morgan fingerprint density at radius 1 is 0.917 bits per heavy atom. The third kappa shape index (κ3) is 9.78. The monoisotopic (exact) mass is 183 g/mol. The molecule has 0 aromatic heterocycles. The molecule has 0 saturated carbocycles. The summed E-state index contributed by atoms with van der Waals surface area (Å²) in [6.45, 7) is 2.25. The molecule has 0 aromatic rings. The second-order valence-electron chi connectivity index (χ2n) is 3.15. The van der Waals surface area contributed by atoms with Crippen molar-refractivity contribution in [1.29, 1.82) is 0 Å². The van der Waals surface area contributed by atoms with Gasteiger partial charge in [0.1, 0.15) is 0 Å². The van der Waals surface area contributed by atoms with Crippen LogP contribution in [0.1, 0.15) is 58.3 Å². The molecule has 0 saturated heterocycles. The van der Waals surface area contributed by atoms with Crippen LogP contribution in [-0.4, -0.2) is 0 Å². The van der Waals surface area contributed by atoms with Gasteiger partial charge < -0.3 is 0 Å². The molecule has 0 heterocycles. The predicted octanol–water partition coefficient (Wildman–Crippen LogP) is 4.29. The Morgan fingerprint density at radius 2 is 1.50 bits per heavy atom. The second-order valence-corrected chi connectivity index (χ2v) is 3.35. The second kappa shape index (κ2) is 10.8. The fraction of sp³-hybridized carbons (Fsp3) is 0.818. The first kappa shape index (κ1) is 11.8. The van der Waals surface area contributed by atoms with Crippen molar-refractivity contribution in [3.8, 4) is 11.2 Å². The van der Waals surface area contributed by atoms with Gasteiger partial charge in [-0.1, -0.05) is 51.4 Å². The van der Waals surface area contributed by atoms with E-state index in [-0.39, 0.29) is 0 Å². The van der Waals surface area contributed by atoms with Crippen molar-refractivity contribution in [2.45, 2.75) is 58.3 Å². The maximum atomic E-state index is 4.53. The van der Waals surface area contributed by atoms with E-state index in [9.17, 15) is 0 Å². The molecule has 0 nitrogen and oxygen atoms in total. The lowest BCUT2D eigenvalue weighted by Crippen LogP contribution is -1.78. The lowest BCUT2D eigenvalue weighted by atomic mass is 10.1. The van der Waals surface area contributed by atoms with Crippen molar-refractivity contribution < 1.29 is 0 Å². The maximum absolute atomic E-state index is 4.53. The van der Waals surface area contributed by atoms with Crippen molar-refractivity contribution in [1.82, 2.24) is 0 Å². The van der Waals surface area contributed by atoms with Gasteiger partial charge in [0, 0.05) is 11.7 Å². The van der Waals surface area contributed by atoms with Crippen LogP contribution in [-0.2, 0) is 0 Å². The number of hydrogen-bond donors (Lipinski definition) is 0. The number of rotatable bonds is 7. The van der Waals surface area contributed by atoms with E-state index in [4.69, 9.17) is 0 Å². The highest BCUT2D eigenvalue weighted by Gasteiger charge is 1.88. The topological polar surface area (TPSA) is 0 Å². The Kier molecular flexibility index (Phi) is 10.6. The third-order valence-electron chi connectivity index (χ3n) is 1.98. The predicted molar refractivity (Wildman–Crippen MR) is 58.0 cm³/mol. The zero-order valence-electron chi connectivity index (χ0n) is 8.07. The Balaban J connectivity index is 2.84. The summed E-state index contributed by atoms with van der Waals surface area (Å²) in [5.41, 5.74) is 0. The molecular weight excluding hydrogens is 164 g/mol. The largest absolute Gasteiger partial charge is 0.0865 e. The molecular formula is C11H19S. The molecule has 1 heteroatoms. The summed E-state index contributed by atoms with van der Waals surface area (Å²) in [4.78, 5) is 0. The molecule has 0 aliphatic rings. The van der Waals surface area contributed by atoms with Crippen molar-refractivity contribution in [2.75, 3.05) is 0 Å². The molecule has 12 heavy (non-hydrogen) atoms. The molecule has 0 N–H and O–H groups in total. The van der Waals surface area contributed by atoms with Gasteiger partial charge in [-0.25, -0.2) is 0 Å². The highest BCUT2D eigenvalue weighted by molar-refractivity contribution is 7.85. The third-order valence-corrected chi connectivity index (χ3v) is 2.12. The zero-order chi connectivity index (χ0) is 9.07. The van der Waals surface area contributed by atoms with Gasteiger partial charge in [0.2, 0.25) is 0 Å². The normalized spacial score (nSPS) is 9.08. The van der Waals surface area contributed by atoms with Crippen molar-refractivity contribution in [2.24, 2.45) is 0 Å². The molecule has 69 valence electrons. The van der Waals surface area contributed by atoms with Crippen LogP contribution >= 0.6 is 12.6 Å². The van der Waals surface area contributed by atoms with Crippen LogP contribution in [0.15, 0.2) is 0 Å². The summed E-state index contributed by atoms with van der Waals surface area (Å²) < 4.78 is 0. The van der Waals surface area contributed by atoms with E-state index in [1.165, 1.54) is 44.9 Å². The average molecular weight is 183 g/mol. The van der Waals surface area contributed by atoms with Crippen molar-refractivity contribution >= 4 is 12.6 Å². The van der Waals surface area contributed by atoms with Crippen LogP contribution < -0.4 is 0 Å². The van der Waals surface area contributed by atoms with Gasteiger partial charge in [-0.05, 0) is 19.0 Å². The van der Waals surface area contributed by atoms with Crippen LogP contribution in [0.2, 0.25) is 0 Å². The first-order valence-corrected chi connectivity index (χ1v) is 5.42. The zero-order valence-corrected chi connectivity index (χ0v) is 8.88. The number of hydrogen-bond acceptors (Lipinski definition) is 0.